The minimum atomic E-state index is -0.316. The van der Waals surface area contributed by atoms with Gasteiger partial charge in [-0.15, -0.1) is 9.24 Å². The third-order valence-electron chi connectivity index (χ3n) is 7.29. The summed E-state index contributed by atoms with van der Waals surface area (Å²) < 4.78 is 0. The molecule has 6 rings (SSSR count). The molecule has 6 aromatic rings. The second-order valence-corrected chi connectivity index (χ2v) is 9.49. The summed E-state index contributed by atoms with van der Waals surface area (Å²) in [7, 11) is 3.07. The van der Waals surface area contributed by atoms with E-state index in [1.54, 1.807) is 0 Å². The predicted molar refractivity (Wildman–Crippen MR) is 154 cm³/mol. The van der Waals surface area contributed by atoms with E-state index in [2.05, 4.69) is 149 Å². The molecule has 0 saturated heterocycles. The van der Waals surface area contributed by atoms with E-state index >= 15 is 0 Å². The van der Waals surface area contributed by atoms with Crippen LogP contribution in [0.5, 0.6) is 0 Å². The number of hydrogen-bond acceptors (Lipinski definition) is 0. The van der Waals surface area contributed by atoms with Crippen molar-refractivity contribution in [1.82, 2.24) is 0 Å². The van der Waals surface area contributed by atoms with Crippen LogP contribution in [0.2, 0.25) is 0 Å². The number of rotatable bonds is 5. The maximum absolute atomic E-state index is 3.07. The highest BCUT2D eigenvalue weighted by molar-refractivity contribution is 7.16. The van der Waals surface area contributed by atoms with E-state index in [-0.39, 0.29) is 5.41 Å². The first-order valence-corrected chi connectivity index (χ1v) is 13.0. The summed E-state index contributed by atoms with van der Waals surface area (Å²) in [6.07, 6.45) is 0.872. The molecule has 0 radical (unpaired) electrons. The average Bonchev–Trinajstić information content (AvgIpc) is 2.94. The Hall–Kier alpha value is -3.73. The molecule has 0 aliphatic heterocycles. The maximum Gasteiger partial charge on any atom is 0.0491 e. The van der Waals surface area contributed by atoms with Gasteiger partial charge in [0.15, 0.2) is 0 Å². The smallest absolute Gasteiger partial charge is 0.0491 e. The maximum atomic E-state index is 3.07. The first-order valence-electron chi connectivity index (χ1n) is 12.1. The lowest BCUT2D eigenvalue weighted by molar-refractivity contribution is 0.708. The van der Waals surface area contributed by atoms with Crippen LogP contribution in [0.25, 0.3) is 32.7 Å². The number of fused-ring (bicyclic) bond motifs is 2. The van der Waals surface area contributed by atoms with Gasteiger partial charge in [-0.1, -0.05) is 140 Å². The molecule has 1 unspecified atom stereocenters. The molecule has 0 heterocycles. The lowest BCUT2D eigenvalue weighted by atomic mass is 9.68. The van der Waals surface area contributed by atoms with Crippen molar-refractivity contribution in [2.75, 3.05) is 6.16 Å². The molecule has 168 valence electrons. The standard InChI is InChI=1S/C34H27P/c35-24-34(27-15-3-1-4-16-27,28-17-5-2-6-18-28)32-23-22-26-13-8-10-20-30(26)33(32)31-21-11-14-25-12-7-9-19-29(25)31/h1-23H,24,35H2. The largest absolute Gasteiger partial charge is 0.136 e. The molecule has 0 saturated carbocycles. The molecular weight excluding hydrogens is 439 g/mol. The predicted octanol–water partition coefficient (Wildman–Crippen LogP) is 8.87. The molecule has 1 heteroatoms. The van der Waals surface area contributed by atoms with Gasteiger partial charge in [-0.05, 0) is 55.5 Å². The van der Waals surface area contributed by atoms with Gasteiger partial charge in [0, 0.05) is 5.41 Å². The van der Waals surface area contributed by atoms with E-state index in [1.165, 1.54) is 49.4 Å². The zero-order chi connectivity index (χ0) is 23.7. The summed E-state index contributed by atoms with van der Waals surface area (Å²) in [5.74, 6) is 0. The molecule has 0 aliphatic rings. The van der Waals surface area contributed by atoms with Gasteiger partial charge in [-0.2, -0.15) is 0 Å². The molecule has 0 N–H and O–H groups in total. The van der Waals surface area contributed by atoms with Crippen LogP contribution in [0.4, 0.5) is 0 Å². The average molecular weight is 467 g/mol. The first kappa shape index (κ1) is 21.8. The Balaban J connectivity index is 1.80. The van der Waals surface area contributed by atoms with E-state index in [0.29, 0.717) is 0 Å². The van der Waals surface area contributed by atoms with Crippen LogP contribution in [0.15, 0.2) is 140 Å². The molecule has 0 nitrogen and oxygen atoms in total. The SMILES string of the molecule is PCC(c1ccccc1)(c1ccccc1)c1ccc2ccccc2c1-c1cccc2ccccc12. The summed E-state index contributed by atoms with van der Waals surface area (Å²) in [6.45, 7) is 0. The van der Waals surface area contributed by atoms with Gasteiger partial charge in [0.05, 0.1) is 0 Å². The Morgan fingerprint density at radius 3 is 1.60 bits per heavy atom. The Morgan fingerprint density at radius 2 is 0.971 bits per heavy atom. The zero-order valence-electron chi connectivity index (χ0n) is 19.6. The van der Waals surface area contributed by atoms with Crippen LogP contribution >= 0.6 is 9.24 Å². The van der Waals surface area contributed by atoms with Gasteiger partial charge in [0.2, 0.25) is 0 Å². The van der Waals surface area contributed by atoms with Crippen molar-refractivity contribution in [2.45, 2.75) is 5.41 Å². The Kier molecular flexibility index (Phi) is 5.69. The zero-order valence-corrected chi connectivity index (χ0v) is 20.7. The van der Waals surface area contributed by atoms with Gasteiger partial charge in [-0.3, -0.25) is 0 Å². The summed E-state index contributed by atoms with van der Waals surface area (Å²) in [5.41, 5.74) is 6.22. The van der Waals surface area contributed by atoms with Gasteiger partial charge in [0.25, 0.3) is 0 Å². The molecule has 1 atom stereocenters. The highest BCUT2D eigenvalue weighted by Gasteiger charge is 2.37. The van der Waals surface area contributed by atoms with Gasteiger partial charge < -0.3 is 0 Å². The van der Waals surface area contributed by atoms with E-state index in [1.807, 2.05) is 0 Å². The van der Waals surface area contributed by atoms with Crippen LogP contribution in [-0.2, 0) is 5.41 Å². The van der Waals surface area contributed by atoms with E-state index in [0.717, 1.165) is 6.16 Å². The summed E-state index contributed by atoms with van der Waals surface area (Å²) >= 11 is 0. The third-order valence-corrected chi connectivity index (χ3v) is 7.90. The van der Waals surface area contributed by atoms with Crippen molar-refractivity contribution in [3.8, 4) is 11.1 Å². The number of benzene rings is 6. The Bertz CT molecular complexity index is 1570. The molecule has 0 aromatic heterocycles. The van der Waals surface area contributed by atoms with Crippen molar-refractivity contribution in [3.63, 3.8) is 0 Å². The highest BCUT2D eigenvalue weighted by atomic mass is 31.0. The molecule has 0 fully saturated rings. The van der Waals surface area contributed by atoms with Crippen LogP contribution in [-0.4, -0.2) is 6.16 Å². The topological polar surface area (TPSA) is 0 Å². The van der Waals surface area contributed by atoms with E-state index in [4.69, 9.17) is 0 Å². The van der Waals surface area contributed by atoms with E-state index in [9.17, 15) is 0 Å². The normalized spacial score (nSPS) is 11.7. The Labute approximate surface area is 209 Å². The lowest BCUT2D eigenvalue weighted by Crippen LogP contribution is -2.32. The molecular formula is C34H27P. The fourth-order valence-corrected chi connectivity index (χ4v) is 6.32. The van der Waals surface area contributed by atoms with Crippen LogP contribution in [0, 0.1) is 0 Å². The summed E-state index contributed by atoms with van der Waals surface area (Å²) in [6, 6.07) is 50.8. The van der Waals surface area contributed by atoms with E-state index < -0.39 is 0 Å². The Morgan fingerprint density at radius 1 is 0.457 bits per heavy atom. The van der Waals surface area contributed by atoms with Crippen LogP contribution < -0.4 is 0 Å². The fourth-order valence-electron chi connectivity index (χ4n) is 5.63. The van der Waals surface area contributed by atoms with Crippen molar-refractivity contribution in [3.05, 3.63) is 156 Å². The van der Waals surface area contributed by atoms with Gasteiger partial charge in [0.1, 0.15) is 0 Å². The van der Waals surface area contributed by atoms with Crippen molar-refractivity contribution in [1.29, 1.82) is 0 Å². The number of hydrogen-bond donors (Lipinski definition) is 0. The van der Waals surface area contributed by atoms with Crippen molar-refractivity contribution < 1.29 is 0 Å². The molecule has 35 heavy (non-hydrogen) atoms. The second-order valence-electron chi connectivity index (χ2n) is 9.08. The third kappa shape index (κ3) is 3.57. The molecule has 0 aliphatic carbocycles. The van der Waals surface area contributed by atoms with Crippen LogP contribution in [0.3, 0.4) is 0 Å². The highest BCUT2D eigenvalue weighted by Crippen LogP contribution is 2.48. The lowest BCUT2D eigenvalue weighted by Gasteiger charge is -2.37. The summed E-state index contributed by atoms with van der Waals surface area (Å²) in [4.78, 5) is 0. The molecule has 0 bridgehead atoms. The fraction of sp³-hybridized carbons (Fsp3) is 0.0588. The molecule has 0 spiro atoms. The molecule has 0 amide bonds. The molecule has 6 aromatic carbocycles. The minimum Gasteiger partial charge on any atom is -0.136 e. The quantitative estimate of drug-likeness (QED) is 0.176. The summed E-state index contributed by atoms with van der Waals surface area (Å²) in [5, 5.41) is 5.10. The van der Waals surface area contributed by atoms with Crippen molar-refractivity contribution in [2.24, 2.45) is 0 Å². The van der Waals surface area contributed by atoms with Gasteiger partial charge in [-0.25, -0.2) is 0 Å². The van der Waals surface area contributed by atoms with Crippen LogP contribution in [0.1, 0.15) is 16.7 Å². The first-order chi connectivity index (χ1) is 17.3. The minimum absolute atomic E-state index is 0.316. The van der Waals surface area contributed by atoms with Crippen molar-refractivity contribution >= 4 is 30.8 Å². The second kappa shape index (κ2) is 9.14. The van der Waals surface area contributed by atoms with Gasteiger partial charge >= 0.3 is 0 Å². The monoisotopic (exact) mass is 466 g/mol.